The Morgan fingerprint density at radius 1 is 1.31 bits per heavy atom. The van der Waals surface area contributed by atoms with Crippen molar-refractivity contribution in [2.75, 3.05) is 11.5 Å². The minimum Gasteiger partial charge on any atom is -0.229 e. The molecule has 2 bridgehead atoms. The summed E-state index contributed by atoms with van der Waals surface area (Å²) in [6, 6.07) is 0. The van der Waals surface area contributed by atoms with Crippen molar-refractivity contribution in [2.45, 2.75) is 45.0 Å². The smallest absolute Gasteiger partial charge is 0.229 e. The summed E-state index contributed by atoms with van der Waals surface area (Å²) in [5.74, 6) is -3.48. The lowest BCUT2D eigenvalue weighted by atomic mass is 9.87. The van der Waals surface area contributed by atoms with Crippen molar-refractivity contribution in [3.63, 3.8) is 0 Å². The van der Waals surface area contributed by atoms with Gasteiger partial charge in [0.15, 0.2) is 9.84 Å². The Bertz CT molecular complexity index is 362. The van der Waals surface area contributed by atoms with E-state index in [1.54, 1.807) is 0 Å². The Balaban J connectivity index is 2.04. The highest BCUT2D eigenvalue weighted by molar-refractivity contribution is 7.91. The number of hydrogen-bond acceptors (Lipinski definition) is 2. The van der Waals surface area contributed by atoms with Crippen molar-refractivity contribution < 1.29 is 17.2 Å². The van der Waals surface area contributed by atoms with Crippen LogP contribution in [0, 0.1) is 11.3 Å². The molecular weight excluding hydrogens is 234 g/mol. The summed E-state index contributed by atoms with van der Waals surface area (Å²) in [6.07, 6.45) is 4.91. The molecule has 94 valence electrons. The quantitative estimate of drug-likeness (QED) is 0.770. The molecule has 0 radical (unpaired) electrons. The topological polar surface area (TPSA) is 34.1 Å². The summed E-state index contributed by atoms with van der Waals surface area (Å²) in [6.45, 7) is 0.675. The van der Waals surface area contributed by atoms with Crippen molar-refractivity contribution in [1.29, 1.82) is 0 Å². The van der Waals surface area contributed by atoms with Gasteiger partial charge in [-0.1, -0.05) is 0 Å². The zero-order valence-corrected chi connectivity index (χ0v) is 10.3. The highest BCUT2D eigenvalue weighted by atomic mass is 32.2. The maximum absolute atomic E-state index is 12.8. The molecule has 0 aliphatic heterocycles. The van der Waals surface area contributed by atoms with Crippen LogP contribution >= 0.6 is 0 Å². The van der Waals surface area contributed by atoms with E-state index in [1.807, 2.05) is 0 Å². The number of alkyl halides is 2. The minimum atomic E-state index is -3.62. The van der Waals surface area contributed by atoms with E-state index < -0.39 is 21.5 Å². The fraction of sp³-hybridized carbons (Fsp3) is 1.00. The van der Waals surface area contributed by atoms with Gasteiger partial charge in [-0.05, 0) is 43.4 Å². The van der Waals surface area contributed by atoms with E-state index in [0.717, 1.165) is 32.1 Å². The molecule has 0 spiro atoms. The molecule has 2 aliphatic rings. The first kappa shape index (κ1) is 12.3. The van der Waals surface area contributed by atoms with Gasteiger partial charge in [-0.3, -0.25) is 0 Å². The van der Waals surface area contributed by atoms with Gasteiger partial charge in [0.25, 0.3) is 5.92 Å². The predicted molar refractivity (Wildman–Crippen MR) is 58.3 cm³/mol. The van der Waals surface area contributed by atoms with E-state index in [0.29, 0.717) is 12.8 Å². The van der Waals surface area contributed by atoms with Crippen LogP contribution in [0.5, 0.6) is 0 Å². The molecule has 2 rings (SSSR count). The molecule has 0 aromatic carbocycles. The van der Waals surface area contributed by atoms with Crippen LogP contribution < -0.4 is 0 Å². The molecule has 0 atom stereocenters. The van der Waals surface area contributed by atoms with Gasteiger partial charge in [-0.15, -0.1) is 0 Å². The largest absolute Gasteiger partial charge is 0.259 e. The van der Waals surface area contributed by atoms with Crippen LogP contribution in [0.15, 0.2) is 0 Å². The molecule has 0 N–H and O–H groups in total. The Kier molecular flexibility index (Phi) is 2.80. The molecule has 0 aromatic rings. The average molecular weight is 252 g/mol. The van der Waals surface area contributed by atoms with Crippen LogP contribution in [0.3, 0.4) is 0 Å². The molecule has 0 aromatic heterocycles. The molecule has 2 fully saturated rings. The average Bonchev–Trinajstić information content (AvgIpc) is 2.55. The van der Waals surface area contributed by atoms with Gasteiger partial charge in [0, 0.05) is 6.92 Å². The van der Waals surface area contributed by atoms with Gasteiger partial charge in [0.1, 0.15) is 5.75 Å². The monoisotopic (exact) mass is 252 g/mol. The summed E-state index contributed by atoms with van der Waals surface area (Å²) in [7, 11) is -3.62. The summed E-state index contributed by atoms with van der Waals surface area (Å²) in [5.41, 5.74) is -0.158. The Hall–Kier alpha value is -0.190. The van der Waals surface area contributed by atoms with E-state index in [-0.39, 0.29) is 11.2 Å². The number of halogens is 2. The second-order valence-electron chi connectivity index (χ2n) is 5.75. The first-order chi connectivity index (χ1) is 7.20. The van der Waals surface area contributed by atoms with Gasteiger partial charge in [-0.2, -0.15) is 0 Å². The zero-order chi connectivity index (χ0) is 12.0. The van der Waals surface area contributed by atoms with Crippen LogP contribution in [0.2, 0.25) is 0 Å². The molecule has 0 heterocycles. The summed E-state index contributed by atoms with van der Waals surface area (Å²) in [5, 5.41) is 0. The Morgan fingerprint density at radius 2 is 1.88 bits per heavy atom. The molecule has 2 saturated carbocycles. The lowest BCUT2D eigenvalue weighted by Crippen LogP contribution is -2.33. The first-order valence-corrected chi connectivity index (χ1v) is 7.60. The maximum atomic E-state index is 12.8. The number of fused-ring (bicyclic) bond motifs is 2. The van der Waals surface area contributed by atoms with Crippen LogP contribution in [0.4, 0.5) is 8.78 Å². The van der Waals surface area contributed by atoms with Crippen molar-refractivity contribution >= 4 is 9.84 Å². The predicted octanol–water partition coefficient (Wildman–Crippen LogP) is 2.64. The normalized spacial score (nSPS) is 34.6. The first-order valence-electron chi connectivity index (χ1n) is 5.78. The van der Waals surface area contributed by atoms with Crippen molar-refractivity contribution in [1.82, 2.24) is 0 Å². The standard InChI is InChI=1S/C11H18F2O2S/c1-10(12,13)7-16(14,15)8-11-4-2-9(6-11)3-5-11/h9H,2-8H2,1H3. The highest BCUT2D eigenvalue weighted by Crippen LogP contribution is 2.54. The third kappa shape index (κ3) is 2.73. The van der Waals surface area contributed by atoms with E-state index in [2.05, 4.69) is 0 Å². The van der Waals surface area contributed by atoms with E-state index in [9.17, 15) is 17.2 Å². The number of rotatable bonds is 4. The van der Waals surface area contributed by atoms with Crippen molar-refractivity contribution in [3.8, 4) is 0 Å². The Morgan fingerprint density at radius 3 is 2.25 bits per heavy atom. The fourth-order valence-corrected chi connectivity index (χ4v) is 5.63. The number of sulfone groups is 1. The van der Waals surface area contributed by atoms with Crippen LogP contribution in [-0.4, -0.2) is 25.8 Å². The molecule has 0 unspecified atom stereocenters. The molecule has 0 saturated heterocycles. The molecular formula is C11H18F2O2S. The van der Waals surface area contributed by atoms with Gasteiger partial charge in [0.05, 0.1) is 5.75 Å². The lowest BCUT2D eigenvalue weighted by molar-refractivity contribution is 0.0472. The van der Waals surface area contributed by atoms with E-state index >= 15 is 0 Å². The second-order valence-corrected chi connectivity index (χ2v) is 7.81. The molecule has 16 heavy (non-hydrogen) atoms. The zero-order valence-electron chi connectivity index (χ0n) is 9.51. The van der Waals surface area contributed by atoms with Gasteiger partial charge in [0.2, 0.25) is 0 Å². The number of hydrogen-bond donors (Lipinski definition) is 0. The van der Waals surface area contributed by atoms with Crippen LogP contribution in [-0.2, 0) is 9.84 Å². The van der Waals surface area contributed by atoms with Gasteiger partial charge >= 0.3 is 0 Å². The summed E-state index contributed by atoms with van der Waals surface area (Å²) < 4.78 is 48.9. The van der Waals surface area contributed by atoms with Crippen LogP contribution in [0.25, 0.3) is 0 Å². The van der Waals surface area contributed by atoms with Crippen molar-refractivity contribution in [2.24, 2.45) is 11.3 Å². The molecule has 0 amide bonds. The SMILES string of the molecule is CC(F)(F)CS(=O)(=O)CC12CCC(CC1)C2. The molecule has 2 nitrogen and oxygen atoms in total. The molecule has 2 aliphatic carbocycles. The highest BCUT2D eigenvalue weighted by Gasteiger charge is 2.48. The minimum absolute atomic E-state index is 0.0278. The lowest BCUT2D eigenvalue weighted by Gasteiger charge is -2.26. The van der Waals surface area contributed by atoms with Crippen molar-refractivity contribution in [3.05, 3.63) is 0 Å². The third-order valence-electron chi connectivity index (χ3n) is 3.89. The fourth-order valence-electron chi connectivity index (χ4n) is 3.42. The third-order valence-corrected chi connectivity index (χ3v) is 5.89. The van der Waals surface area contributed by atoms with Gasteiger partial charge < -0.3 is 0 Å². The summed E-state index contributed by atoms with van der Waals surface area (Å²) in [4.78, 5) is 0. The van der Waals surface area contributed by atoms with Gasteiger partial charge in [-0.25, -0.2) is 17.2 Å². The second kappa shape index (κ2) is 3.65. The van der Waals surface area contributed by atoms with E-state index in [4.69, 9.17) is 0 Å². The Labute approximate surface area is 95.3 Å². The molecule has 5 heteroatoms. The summed E-state index contributed by atoms with van der Waals surface area (Å²) >= 11 is 0. The van der Waals surface area contributed by atoms with E-state index in [1.165, 1.54) is 0 Å². The maximum Gasteiger partial charge on any atom is 0.259 e. The van der Waals surface area contributed by atoms with Crippen LogP contribution in [0.1, 0.15) is 39.0 Å².